The second-order valence-corrected chi connectivity index (χ2v) is 5.48. The molecule has 2 unspecified atom stereocenters. The van der Waals surface area contributed by atoms with Gasteiger partial charge in [0.25, 0.3) is 0 Å². The van der Waals surface area contributed by atoms with Crippen molar-refractivity contribution in [3.8, 4) is 0 Å². The van der Waals surface area contributed by atoms with Crippen LogP contribution in [0.15, 0.2) is 36.5 Å². The van der Waals surface area contributed by atoms with Crippen LogP contribution in [0.4, 0.5) is 0 Å². The maximum Gasteiger partial charge on any atom is 0.0704 e. The van der Waals surface area contributed by atoms with Crippen LogP contribution in [-0.2, 0) is 6.42 Å². The number of hydrogen-bond acceptors (Lipinski definition) is 2. The van der Waals surface area contributed by atoms with Crippen molar-refractivity contribution in [2.75, 3.05) is 0 Å². The van der Waals surface area contributed by atoms with Gasteiger partial charge in [0.2, 0.25) is 0 Å². The number of rotatable bonds is 2. The number of nitrogens with zero attached hydrogens (tertiary/aromatic N) is 1. The van der Waals surface area contributed by atoms with Gasteiger partial charge in [-0.15, -0.1) is 0 Å². The zero-order valence-corrected chi connectivity index (χ0v) is 10.7. The van der Waals surface area contributed by atoms with Crippen molar-refractivity contribution in [3.05, 3.63) is 42.1 Å². The first-order valence-electron chi connectivity index (χ1n) is 6.91. The third kappa shape index (κ3) is 2.39. The van der Waals surface area contributed by atoms with Gasteiger partial charge in [-0.25, -0.2) is 0 Å². The minimum absolute atomic E-state index is 0.414. The number of para-hydroxylation sites is 1. The largest absolute Gasteiger partial charge is 0.328 e. The number of fused-ring (bicyclic) bond motifs is 1. The lowest BCUT2D eigenvalue weighted by Gasteiger charge is -2.26. The molecule has 18 heavy (non-hydrogen) atoms. The first-order valence-corrected chi connectivity index (χ1v) is 6.91. The Morgan fingerprint density at radius 3 is 2.94 bits per heavy atom. The van der Waals surface area contributed by atoms with Gasteiger partial charge in [-0.2, -0.15) is 0 Å². The molecule has 0 bridgehead atoms. The van der Waals surface area contributed by atoms with Crippen LogP contribution in [0.1, 0.15) is 31.2 Å². The highest BCUT2D eigenvalue weighted by Crippen LogP contribution is 2.28. The fourth-order valence-corrected chi connectivity index (χ4v) is 3.16. The molecule has 0 saturated heterocycles. The Morgan fingerprint density at radius 2 is 2.06 bits per heavy atom. The number of nitrogens with two attached hydrogens (primary N) is 1. The van der Waals surface area contributed by atoms with Crippen LogP contribution in [0.25, 0.3) is 10.9 Å². The molecule has 2 aromatic rings. The first kappa shape index (κ1) is 11.7. The zero-order valence-electron chi connectivity index (χ0n) is 10.7. The highest BCUT2D eigenvalue weighted by Gasteiger charge is 2.20. The minimum Gasteiger partial charge on any atom is -0.328 e. The SMILES string of the molecule is NC1CCCC(Cc2ccnc3ccccc23)C1. The molecule has 1 aromatic heterocycles. The highest BCUT2D eigenvalue weighted by molar-refractivity contribution is 5.81. The molecule has 2 nitrogen and oxygen atoms in total. The van der Waals surface area contributed by atoms with E-state index in [0.29, 0.717) is 6.04 Å². The Bertz CT molecular complexity index is 530. The Hall–Kier alpha value is -1.41. The van der Waals surface area contributed by atoms with E-state index in [1.807, 2.05) is 6.20 Å². The van der Waals surface area contributed by atoms with E-state index in [4.69, 9.17) is 5.73 Å². The van der Waals surface area contributed by atoms with Crippen molar-refractivity contribution < 1.29 is 0 Å². The summed E-state index contributed by atoms with van der Waals surface area (Å²) in [4.78, 5) is 4.43. The van der Waals surface area contributed by atoms with Crippen molar-refractivity contribution in [2.45, 2.75) is 38.1 Å². The lowest BCUT2D eigenvalue weighted by Crippen LogP contribution is -2.28. The summed E-state index contributed by atoms with van der Waals surface area (Å²) >= 11 is 0. The maximum absolute atomic E-state index is 6.08. The molecule has 0 spiro atoms. The summed E-state index contributed by atoms with van der Waals surface area (Å²) in [5.74, 6) is 0.750. The van der Waals surface area contributed by atoms with Gasteiger partial charge in [0.1, 0.15) is 0 Å². The third-order valence-electron chi connectivity index (χ3n) is 4.07. The van der Waals surface area contributed by atoms with Crippen molar-refractivity contribution >= 4 is 10.9 Å². The van der Waals surface area contributed by atoms with E-state index in [1.54, 1.807) is 0 Å². The van der Waals surface area contributed by atoms with Gasteiger partial charge in [0.15, 0.2) is 0 Å². The van der Waals surface area contributed by atoms with Gasteiger partial charge in [0.05, 0.1) is 5.52 Å². The summed E-state index contributed by atoms with van der Waals surface area (Å²) in [6, 6.07) is 11.0. The lowest BCUT2D eigenvalue weighted by molar-refractivity contribution is 0.321. The molecule has 1 fully saturated rings. The van der Waals surface area contributed by atoms with E-state index in [-0.39, 0.29) is 0 Å². The molecule has 1 aliphatic carbocycles. The summed E-state index contributed by atoms with van der Waals surface area (Å²) in [5.41, 5.74) is 8.62. The molecule has 94 valence electrons. The fraction of sp³-hybridized carbons (Fsp3) is 0.438. The molecule has 1 aliphatic rings. The zero-order chi connectivity index (χ0) is 12.4. The van der Waals surface area contributed by atoms with Crippen LogP contribution >= 0.6 is 0 Å². The van der Waals surface area contributed by atoms with Crippen LogP contribution < -0.4 is 5.73 Å². The van der Waals surface area contributed by atoms with E-state index in [0.717, 1.165) is 17.9 Å². The number of aromatic nitrogens is 1. The molecule has 1 heterocycles. The molecule has 2 N–H and O–H groups in total. The Balaban J connectivity index is 1.86. The summed E-state index contributed by atoms with van der Waals surface area (Å²) in [6.45, 7) is 0. The van der Waals surface area contributed by atoms with Crippen molar-refractivity contribution in [3.63, 3.8) is 0 Å². The van der Waals surface area contributed by atoms with Gasteiger partial charge in [-0.1, -0.05) is 31.0 Å². The van der Waals surface area contributed by atoms with Crippen LogP contribution in [0.2, 0.25) is 0 Å². The van der Waals surface area contributed by atoms with Crippen molar-refractivity contribution in [2.24, 2.45) is 11.7 Å². The van der Waals surface area contributed by atoms with Gasteiger partial charge < -0.3 is 5.73 Å². The first-order chi connectivity index (χ1) is 8.83. The molecule has 0 radical (unpaired) electrons. The maximum atomic E-state index is 6.08. The van der Waals surface area contributed by atoms with E-state index < -0.39 is 0 Å². The molecule has 0 amide bonds. The van der Waals surface area contributed by atoms with Crippen LogP contribution in [0, 0.1) is 5.92 Å². The fourth-order valence-electron chi connectivity index (χ4n) is 3.16. The molecule has 0 aliphatic heterocycles. The van der Waals surface area contributed by atoms with Crippen molar-refractivity contribution in [1.82, 2.24) is 4.98 Å². The minimum atomic E-state index is 0.414. The molecular formula is C16H20N2. The second-order valence-electron chi connectivity index (χ2n) is 5.48. The summed E-state index contributed by atoms with van der Waals surface area (Å²) in [7, 11) is 0. The van der Waals surface area contributed by atoms with Crippen LogP contribution in [0.3, 0.4) is 0 Å². The summed E-state index contributed by atoms with van der Waals surface area (Å²) in [5, 5.41) is 1.30. The van der Waals surface area contributed by atoms with E-state index in [1.165, 1.54) is 36.6 Å². The molecule has 2 heteroatoms. The van der Waals surface area contributed by atoms with Gasteiger partial charge >= 0.3 is 0 Å². The third-order valence-corrected chi connectivity index (χ3v) is 4.07. The Labute approximate surface area is 108 Å². The van der Waals surface area contributed by atoms with E-state index in [2.05, 4.69) is 35.3 Å². The van der Waals surface area contributed by atoms with Crippen molar-refractivity contribution in [1.29, 1.82) is 0 Å². The normalized spacial score (nSPS) is 24.3. The topological polar surface area (TPSA) is 38.9 Å². The van der Waals surface area contributed by atoms with Crippen LogP contribution in [-0.4, -0.2) is 11.0 Å². The number of hydrogen-bond donors (Lipinski definition) is 1. The number of pyridine rings is 1. The molecule has 2 atom stereocenters. The predicted molar refractivity (Wildman–Crippen MR) is 75.4 cm³/mol. The summed E-state index contributed by atoms with van der Waals surface area (Å²) in [6.07, 6.45) is 8.07. The molecule has 3 rings (SSSR count). The number of benzene rings is 1. The molecule has 1 aromatic carbocycles. The summed E-state index contributed by atoms with van der Waals surface area (Å²) < 4.78 is 0. The second kappa shape index (κ2) is 5.07. The average molecular weight is 240 g/mol. The highest BCUT2D eigenvalue weighted by atomic mass is 14.6. The van der Waals surface area contributed by atoms with E-state index in [9.17, 15) is 0 Å². The smallest absolute Gasteiger partial charge is 0.0704 e. The Morgan fingerprint density at radius 1 is 1.17 bits per heavy atom. The van der Waals surface area contributed by atoms with E-state index >= 15 is 0 Å². The van der Waals surface area contributed by atoms with Crippen LogP contribution in [0.5, 0.6) is 0 Å². The van der Waals surface area contributed by atoms with Gasteiger partial charge in [-0.3, -0.25) is 4.98 Å². The lowest BCUT2D eigenvalue weighted by atomic mass is 9.82. The molecule has 1 saturated carbocycles. The monoisotopic (exact) mass is 240 g/mol. The standard InChI is InChI=1S/C16H20N2/c17-14-5-3-4-12(11-14)10-13-8-9-18-16-7-2-1-6-15(13)16/h1-2,6-9,12,14H,3-5,10-11,17H2. The predicted octanol–water partition coefficient (Wildman–Crippen LogP) is 3.29. The van der Waals surface area contributed by atoms with Gasteiger partial charge in [0, 0.05) is 17.6 Å². The quantitative estimate of drug-likeness (QED) is 0.874. The molecular weight excluding hydrogens is 220 g/mol. The average Bonchev–Trinajstić information content (AvgIpc) is 2.39. The Kier molecular flexibility index (Phi) is 3.28. The van der Waals surface area contributed by atoms with Gasteiger partial charge in [-0.05, 0) is 42.9 Å².